The molecule has 2 aromatic heterocycles. The lowest BCUT2D eigenvalue weighted by atomic mass is 10.0. The number of aromatic nitrogens is 2. The maximum absolute atomic E-state index is 15.2. The Morgan fingerprint density at radius 2 is 1.97 bits per heavy atom. The number of imidazole rings is 1. The summed E-state index contributed by atoms with van der Waals surface area (Å²) in [4.78, 5) is 17.0. The molecule has 200 valence electrons. The smallest absolute Gasteiger partial charge is 0.421 e. The summed E-state index contributed by atoms with van der Waals surface area (Å²) in [6.45, 7) is 5.57. The number of sulfonamides is 1. The predicted octanol–water partition coefficient (Wildman–Crippen LogP) is 5.28. The largest absolute Gasteiger partial charge is 0.464 e. The monoisotopic (exact) mass is 549 g/mol. The molecule has 0 unspecified atom stereocenters. The van der Waals surface area contributed by atoms with E-state index in [2.05, 4.69) is 4.98 Å². The molecule has 37 heavy (non-hydrogen) atoms. The van der Waals surface area contributed by atoms with Gasteiger partial charge in [0.2, 0.25) is 0 Å². The van der Waals surface area contributed by atoms with E-state index in [1.54, 1.807) is 35.2 Å². The van der Waals surface area contributed by atoms with Crippen LogP contribution in [0.4, 0.5) is 9.18 Å². The Labute approximate surface area is 220 Å². The molecule has 0 radical (unpaired) electrons. The topological polar surface area (TPSA) is 113 Å². The van der Waals surface area contributed by atoms with Gasteiger partial charge in [0.1, 0.15) is 15.9 Å². The summed E-state index contributed by atoms with van der Waals surface area (Å²) in [5.74, 6) is 0.473. The van der Waals surface area contributed by atoms with Crippen LogP contribution < -0.4 is 0 Å². The molecular weight excluding hydrogens is 517 g/mol. The zero-order valence-electron chi connectivity index (χ0n) is 21.1. The number of thiophene rings is 1. The van der Waals surface area contributed by atoms with Crippen LogP contribution in [0.15, 0.2) is 40.9 Å². The number of rotatable bonds is 9. The van der Waals surface area contributed by atoms with Crippen molar-refractivity contribution in [3.05, 3.63) is 58.7 Å². The number of nitrogens with zero attached hydrogens (tertiary/aromatic N) is 3. The lowest BCUT2D eigenvalue weighted by Gasteiger charge is -2.28. The highest BCUT2D eigenvalue weighted by molar-refractivity contribution is 7.91. The summed E-state index contributed by atoms with van der Waals surface area (Å²) in [7, 11) is -4.53. The van der Waals surface area contributed by atoms with E-state index in [9.17, 15) is 23.4 Å². The fraction of sp³-hybridized carbons (Fsp3) is 0.462. The summed E-state index contributed by atoms with van der Waals surface area (Å²) in [5, 5.41) is 20.7. The first kappa shape index (κ1) is 27.3. The van der Waals surface area contributed by atoms with Crippen molar-refractivity contribution < 1.29 is 27.8 Å². The second kappa shape index (κ2) is 10.5. The third-order valence-corrected chi connectivity index (χ3v) is 10.1. The molecule has 1 aliphatic rings. The van der Waals surface area contributed by atoms with Crippen LogP contribution in [-0.4, -0.2) is 50.7 Å². The molecule has 0 aliphatic heterocycles. The number of amides is 1. The Morgan fingerprint density at radius 1 is 1.27 bits per heavy atom. The quantitative estimate of drug-likeness (QED) is 0.376. The van der Waals surface area contributed by atoms with Crippen LogP contribution in [0.2, 0.25) is 0 Å². The normalized spacial score (nSPS) is 15.4. The van der Waals surface area contributed by atoms with E-state index >= 15 is 4.39 Å². The summed E-state index contributed by atoms with van der Waals surface area (Å²) in [6, 6.07) is 6.25. The van der Waals surface area contributed by atoms with Gasteiger partial charge in [-0.1, -0.05) is 38.8 Å². The van der Waals surface area contributed by atoms with Crippen molar-refractivity contribution in [1.82, 2.24) is 13.9 Å². The van der Waals surface area contributed by atoms with Crippen molar-refractivity contribution in [2.45, 2.75) is 69.2 Å². The summed E-state index contributed by atoms with van der Waals surface area (Å²) in [5.41, 5.74) is -0.363. The number of aryl methyl sites for hydroxylation is 1. The van der Waals surface area contributed by atoms with E-state index in [4.69, 9.17) is 0 Å². The van der Waals surface area contributed by atoms with Crippen molar-refractivity contribution >= 4 is 27.5 Å². The summed E-state index contributed by atoms with van der Waals surface area (Å²) < 4.78 is 44.7. The van der Waals surface area contributed by atoms with Gasteiger partial charge in [0, 0.05) is 28.4 Å². The Balaban J connectivity index is 1.75. The van der Waals surface area contributed by atoms with Crippen LogP contribution in [0.1, 0.15) is 55.8 Å². The third-order valence-electron chi connectivity index (χ3n) is 6.70. The van der Waals surface area contributed by atoms with E-state index < -0.39 is 34.1 Å². The SMILES string of the molecule is Cc1nccn1Cc1ccc(-c2cc(CC(C)C)sc2S(=O)(=O)N(CC2(O)CCCC2)C(=O)O)cc1F. The van der Waals surface area contributed by atoms with Gasteiger partial charge in [-0.15, -0.1) is 11.3 Å². The van der Waals surface area contributed by atoms with Crippen molar-refractivity contribution in [3.8, 4) is 11.1 Å². The number of hydrogen-bond acceptors (Lipinski definition) is 6. The van der Waals surface area contributed by atoms with Gasteiger partial charge in [0.25, 0.3) is 10.0 Å². The molecule has 0 spiro atoms. The van der Waals surface area contributed by atoms with Crippen LogP contribution in [-0.2, 0) is 23.0 Å². The highest BCUT2D eigenvalue weighted by Gasteiger charge is 2.41. The number of benzene rings is 1. The number of carbonyl (C=O) groups is 1. The predicted molar refractivity (Wildman–Crippen MR) is 140 cm³/mol. The first-order valence-corrected chi connectivity index (χ1v) is 14.5. The molecule has 11 heteroatoms. The Kier molecular flexibility index (Phi) is 7.77. The first-order valence-electron chi connectivity index (χ1n) is 12.3. The van der Waals surface area contributed by atoms with Gasteiger partial charge in [-0.3, -0.25) is 0 Å². The van der Waals surface area contributed by atoms with Crippen LogP contribution in [0.25, 0.3) is 11.1 Å². The minimum absolute atomic E-state index is 0.162. The number of halogens is 1. The average Bonchev–Trinajstić information content (AvgIpc) is 3.54. The standard InChI is InChI=1S/C26H32FN3O5S2/c1-17(2)12-21-14-22(19-6-7-20(23(27)13-19)15-29-11-10-28-18(29)3)24(36-21)37(34,35)30(25(31)32)16-26(33)8-4-5-9-26/h6-7,10-11,13-14,17,33H,4-5,8-9,12,15-16H2,1-3H3,(H,31,32). The minimum Gasteiger partial charge on any atom is -0.464 e. The molecule has 4 rings (SSSR count). The molecule has 1 aromatic carbocycles. The molecule has 1 amide bonds. The molecule has 0 saturated heterocycles. The van der Waals surface area contributed by atoms with Crippen molar-refractivity contribution in [1.29, 1.82) is 0 Å². The second-order valence-corrected chi connectivity index (χ2v) is 13.3. The van der Waals surface area contributed by atoms with E-state index in [0.717, 1.165) is 22.0 Å². The zero-order valence-corrected chi connectivity index (χ0v) is 22.8. The molecule has 2 N–H and O–H groups in total. The highest BCUT2D eigenvalue weighted by atomic mass is 32.2. The van der Waals surface area contributed by atoms with Gasteiger partial charge in [-0.25, -0.2) is 14.2 Å². The summed E-state index contributed by atoms with van der Waals surface area (Å²) >= 11 is 0.999. The van der Waals surface area contributed by atoms with Gasteiger partial charge in [-0.05, 0) is 49.8 Å². The Hall–Kier alpha value is -2.76. The lowest BCUT2D eigenvalue weighted by molar-refractivity contribution is 0.0299. The van der Waals surface area contributed by atoms with Gasteiger partial charge < -0.3 is 14.8 Å². The molecule has 1 fully saturated rings. The van der Waals surface area contributed by atoms with Crippen LogP contribution in [0.3, 0.4) is 0 Å². The average molecular weight is 550 g/mol. The molecular formula is C26H32FN3O5S2. The van der Waals surface area contributed by atoms with Gasteiger partial charge in [0.15, 0.2) is 0 Å². The minimum atomic E-state index is -4.53. The molecule has 8 nitrogen and oxygen atoms in total. The summed E-state index contributed by atoms with van der Waals surface area (Å²) in [6.07, 6.45) is 4.41. The van der Waals surface area contributed by atoms with Crippen LogP contribution >= 0.6 is 11.3 Å². The molecule has 1 aliphatic carbocycles. The zero-order chi connectivity index (χ0) is 27.0. The van der Waals surface area contributed by atoms with Crippen molar-refractivity contribution in [3.63, 3.8) is 0 Å². The van der Waals surface area contributed by atoms with Gasteiger partial charge >= 0.3 is 6.09 Å². The van der Waals surface area contributed by atoms with Crippen LogP contribution in [0.5, 0.6) is 0 Å². The number of aliphatic hydroxyl groups is 1. The molecule has 1 saturated carbocycles. The number of carboxylic acid groups (broad SMARTS) is 1. The molecule has 2 heterocycles. The van der Waals surface area contributed by atoms with E-state index in [1.165, 1.54) is 6.07 Å². The maximum Gasteiger partial charge on any atom is 0.421 e. The van der Waals surface area contributed by atoms with Gasteiger partial charge in [0.05, 0.1) is 18.7 Å². The van der Waals surface area contributed by atoms with Crippen molar-refractivity contribution in [2.24, 2.45) is 5.92 Å². The third kappa shape index (κ3) is 5.89. The molecule has 0 bridgehead atoms. The Bertz CT molecular complexity index is 1390. The first-order chi connectivity index (χ1) is 17.4. The second-order valence-electron chi connectivity index (χ2n) is 10.1. The fourth-order valence-corrected chi connectivity index (χ4v) is 8.13. The molecule has 3 aromatic rings. The Morgan fingerprint density at radius 3 is 2.54 bits per heavy atom. The number of hydrogen-bond donors (Lipinski definition) is 2. The molecule has 0 atom stereocenters. The van der Waals surface area contributed by atoms with E-state index in [-0.39, 0.29) is 22.2 Å². The fourth-order valence-electron chi connectivity index (χ4n) is 4.73. The van der Waals surface area contributed by atoms with Crippen LogP contribution in [0, 0.1) is 18.7 Å². The van der Waals surface area contributed by atoms with Gasteiger partial charge in [-0.2, -0.15) is 12.7 Å². The van der Waals surface area contributed by atoms with E-state index in [0.29, 0.717) is 47.5 Å². The maximum atomic E-state index is 15.2. The highest BCUT2D eigenvalue weighted by Crippen LogP contribution is 2.40. The van der Waals surface area contributed by atoms with Crippen molar-refractivity contribution in [2.75, 3.05) is 6.54 Å². The lowest BCUT2D eigenvalue weighted by Crippen LogP contribution is -2.46. The van der Waals surface area contributed by atoms with E-state index in [1.807, 2.05) is 20.8 Å².